The molecule has 64 valence electrons. The van der Waals surface area contributed by atoms with E-state index in [2.05, 4.69) is 19.2 Å². The second kappa shape index (κ2) is 4.21. The molecule has 1 N–H and O–H groups in total. The van der Waals surface area contributed by atoms with Crippen LogP contribution in [0.2, 0.25) is 0 Å². The first-order valence-electron chi connectivity index (χ1n) is 3.82. The monoisotopic (exact) mass is 180 g/mol. The van der Waals surface area contributed by atoms with Gasteiger partial charge in [0.25, 0.3) is 0 Å². The minimum Gasteiger partial charge on any atom is -0.508 e. The maximum atomic E-state index is 9.02. The van der Waals surface area contributed by atoms with E-state index in [1.54, 1.807) is 12.1 Å². The van der Waals surface area contributed by atoms with Crippen molar-refractivity contribution in [2.24, 2.45) is 0 Å². The zero-order valence-corrected chi connectivity index (χ0v) is 7.67. The zero-order chi connectivity index (χ0) is 8.97. The molecule has 0 spiro atoms. The highest BCUT2D eigenvalue weighted by Crippen LogP contribution is 2.25. The van der Waals surface area contributed by atoms with Crippen LogP contribution in [0, 0.1) is 0 Å². The minimum absolute atomic E-state index is 0.183. The Balaban J connectivity index is 2.74. The third-order valence-electron chi connectivity index (χ3n) is 1.67. The summed E-state index contributed by atoms with van der Waals surface area (Å²) in [5.41, 5.74) is 1.11. The van der Waals surface area contributed by atoms with Crippen molar-refractivity contribution in [3.05, 3.63) is 42.5 Å². The van der Waals surface area contributed by atoms with E-state index in [0.29, 0.717) is 0 Å². The molecule has 0 radical (unpaired) electrons. The van der Waals surface area contributed by atoms with Crippen molar-refractivity contribution < 1.29 is 5.11 Å². The maximum Gasteiger partial charge on any atom is 0.115 e. The van der Waals surface area contributed by atoms with Gasteiger partial charge in [0, 0.05) is 5.25 Å². The molecule has 0 aliphatic carbocycles. The molecule has 1 nitrogen and oxygen atoms in total. The summed E-state index contributed by atoms with van der Waals surface area (Å²) in [4.78, 5) is 0. The lowest BCUT2D eigenvalue weighted by Gasteiger charge is -2.07. The van der Waals surface area contributed by atoms with Gasteiger partial charge in [0.2, 0.25) is 0 Å². The lowest BCUT2D eigenvalue weighted by atomic mass is 10.1. The van der Waals surface area contributed by atoms with Gasteiger partial charge in [-0.05, 0) is 24.1 Å². The molecule has 0 heterocycles. The van der Waals surface area contributed by atoms with Gasteiger partial charge < -0.3 is 5.11 Å². The molecule has 1 atom stereocenters. The van der Waals surface area contributed by atoms with Gasteiger partial charge in [0.05, 0.1) is 0 Å². The Bertz CT molecular complexity index is 253. The van der Waals surface area contributed by atoms with E-state index in [1.165, 1.54) is 0 Å². The molecular weight excluding hydrogens is 168 g/mol. The van der Waals surface area contributed by atoms with Crippen molar-refractivity contribution in [2.75, 3.05) is 0 Å². The highest BCUT2D eigenvalue weighted by atomic mass is 32.1. The zero-order valence-electron chi connectivity index (χ0n) is 6.77. The molecule has 0 saturated heterocycles. The normalized spacial score (nSPS) is 12.4. The summed E-state index contributed by atoms with van der Waals surface area (Å²) in [7, 11) is 0. The molecule has 0 amide bonds. The Morgan fingerprint density at radius 2 is 2.00 bits per heavy atom. The number of hydrogen-bond acceptors (Lipinski definition) is 2. The van der Waals surface area contributed by atoms with Crippen molar-refractivity contribution >= 4 is 12.6 Å². The van der Waals surface area contributed by atoms with Crippen LogP contribution in [0.15, 0.2) is 36.9 Å². The van der Waals surface area contributed by atoms with Crippen LogP contribution in [0.5, 0.6) is 5.75 Å². The third kappa shape index (κ3) is 2.31. The lowest BCUT2D eigenvalue weighted by molar-refractivity contribution is 0.475. The molecule has 1 unspecified atom stereocenters. The van der Waals surface area contributed by atoms with Crippen LogP contribution in [0.4, 0.5) is 0 Å². The van der Waals surface area contributed by atoms with Crippen molar-refractivity contribution in [2.45, 2.75) is 11.7 Å². The van der Waals surface area contributed by atoms with Crippen molar-refractivity contribution in [1.29, 1.82) is 0 Å². The Labute approximate surface area is 78.2 Å². The van der Waals surface area contributed by atoms with Gasteiger partial charge in [-0.1, -0.05) is 18.2 Å². The Hall–Kier alpha value is -0.890. The van der Waals surface area contributed by atoms with Crippen molar-refractivity contribution in [3.8, 4) is 5.75 Å². The molecule has 0 fully saturated rings. The molecule has 0 saturated carbocycles. The first-order chi connectivity index (χ1) is 5.74. The summed E-state index contributed by atoms with van der Waals surface area (Å²) < 4.78 is 0. The number of phenols is 1. The van der Waals surface area contributed by atoms with Crippen LogP contribution >= 0.6 is 12.6 Å². The number of allylic oxidation sites excluding steroid dienone is 1. The average molecular weight is 180 g/mol. The molecule has 1 aromatic rings. The van der Waals surface area contributed by atoms with E-state index < -0.39 is 0 Å². The van der Waals surface area contributed by atoms with Gasteiger partial charge in [-0.2, -0.15) is 12.6 Å². The lowest BCUT2D eigenvalue weighted by Crippen LogP contribution is -1.87. The van der Waals surface area contributed by atoms with E-state index in [-0.39, 0.29) is 11.0 Å². The highest BCUT2D eigenvalue weighted by Gasteiger charge is 2.02. The number of phenolic OH excluding ortho intramolecular Hbond substituents is 1. The quantitative estimate of drug-likeness (QED) is 0.541. The first kappa shape index (κ1) is 9.20. The van der Waals surface area contributed by atoms with Crippen LogP contribution in [0.3, 0.4) is 0 Å². The smallest absolute Gasteiger partial charge is 0.115 e. The first-order valence-corrected chi connectivity index (χ1v) is 4.33. The molecule has 2 heteroatoms. The van der Waals surface area contributed by atoms with E-state index in [1.807, 2.05) is 18.2 Å². The number of thiol groups is 1. The Morgan fingerprint density at radius 1 is 1.42 bits per heavy atom. The van der Waals surface area contributed by atoms with Gasteiger partial charge in [0.1, 0.15) is 5.75 Å². The topological polar surface area (TPSA) is 20.2 Å². The molecule has 0 bridgehead atoms. The Morgan fingerprint density at radius 3 is 2.50 bits per heavy atom. The fraction of sp³-hybridized carbons (Fsp3) is 0.200. The summed E-state index contributed by atoms with van der Waals surface area (Å²) in [5.74, 6) is 0.290. The van der Waals surface area contributed by atoms with Crippen LogP contribution in [-0.2, 0) is 0 Å². The van der Waals surface area contributed by atoms with Crippen molar-refractivity contribution in [3.63, 3.8) is 0 Å². The molecule has 1 aromatic carbocycles. The van der Waals surface area contributed by atoms with Gasteiger partial charge in [-0.3, -0.25) is 0 Å². The van der Waals surface area contributed by atoms with E-state index in [4.69, 9.17) is 5.11 Å². The van der Waals surface area contributed by atoms with Gasteiger partial charge in [-0.15, -0.1) is 6.58 Å². The fourth-order valence-corrected chi connectivity index (χ4v) is 1.31. The summed E-state index contributed by atoms with van der Waals surface area (Å²) in [6.07, 6.45) is 2.68. The number of aromatic hydroxyl groups is 1. The molecule has 0 aliphatic rings. The van der Waals surface area contributed by atoms with Crippen LogP contribution in [-0.4, -0.2) is 5.11 Å². The summed E-state index contributed by atoms with van der Waals surface area (Å²) >= 11 is 4.38. The predicted molar refractivity (Wildman–Crippen MR) is 54.6 cm³/mol. The molecular formula is C10H12OS. The van der Waals surface area contributed by atoms with E-state index in [9.17, 15) is 0 Å². The number of hydrogen-bond donors (Lipinski definition) is 2. The van der Waals surface area contributed by atoms with Gasteiger partial charge >= 0.3 is 0 Å². The fourth-order valence-electron chi connectivity index (χ4n) is 0.990. The van der Waals surface area contributed by atoms with Gasteiger partial charge in [0.15, 0.2) is 0 Å². The second-order valence-electron chi connectivity index (χ2n) is 2.63. The molecule has 0 aliphatic heterocycles. The number of rotatable bonds is 3. The van der Waals surface area contributed by atoms with E-state index in [0.717, 1.165) is 12.0 Å². The standard InChI is InChI=1S/C10H12OS/c1-2-3-10(12)8-4-6-9(11)7-5-8/h2,4-7,10-12H,1,3H2. The van der Waals surface area contributed by atoms with Crippen molar-refractivity contribution in [1.82, 2.24) is 0 Å². The average Bonchev–Trinajstić information content (AvgIpc) is 2.06. The molecule has 1 rings (SSSR count). The highest BCUT2D eigenvalue weighted by molar-refractivity contribution is 7.80. The summed E-state index contributed by atoms with van der Waals surface area (Å²) in [6.45, 7) is 3.65. The maximum absolute atomic E-state index is 9.02. The van der Waals surface area contributed by atoms with Crippen LogP contribution in [0.25, 0.3) is 0 Å². The summed E-state index contributed by atoms with van der Waals surface area (Å²) in [6, 6.07) is 7.08. The SMILES string of the molecule is C=CCC(S)c1ccc(O)cc1. The summed E-state index contributed by atoms with van der Waals surface area (Å²) in [5, 5.41) is 9.21. The second-order valence-corrected chi connectivity index (χ2v) is 3.26. The van der Waals surface area contributed by atoms with Crippen LogP contribution in [0.1, 0.15) is 17.2 Å². The minimum atomic E-state index is 0.183. The number of benzene rings is 1. The third-order valence-corrected chi connectivity index (χ3v) is 2.18. The van der Waals surface area contributed by atoms with Gasteiger partial charge in [-0.25, -0.2) is 0 Å². The largest absolute Gasteiger partial charge is 0.508 e. The van der Waals surface area contributed by atoms with E-state index >= 15 is 0 Å². The Kier molecular flexibility index (Phi) is 3.23. The molecule has 0 aromatic heterocycles. The predicted octanol–water partition coefficient (Wildman–Crippen LogP) is 2.94. The van der Waals surface area contributed by atoms with Crippen LogP contribution < -0.4 is 0 Å². The molecule has 12 heavy (non-hydrogen) atoms.